The van der Waals surface area contributed by atoms with Gasteiger partial charge in [-0.05, 0) is 43.0 Å². The molecule has 6 heteroatoms. The number of carbonyl (C=O) groups is 1. The number of methoxy groups -OCH3 is 2. The minimum atomic E-state index is -0.0710. The molecule has 2 fully saturated rings. The van der Waals surface area contributed by atoms with Crippen molar-refractivity contribution in [1.82, 2.24) is 4.90 Å². The van der Waals surface area contributed by atoms with Crippen molar-refractivity contribution in [1.29, 1.82) is 0 Å². The molecule has 0 spiro atoms. The third kappa shape index (κ3) is 4.44. The molecule has 2 saturated heterocycles. The molecule has 0 unspecified atom stereocenters. The Morgan fingerprint density at radius 2 is 1.88 bits per heavy atom. The monoisotopic (exact) mass is 349 g/mol. The first-order valence-corrected chi connectivity index (χ1v) is 8.93. The number of rotatable bonds is 6. The third-order valence-electron chi connectivity index (χ3n) is 5.02. The van der Waals surface area contributed by atoms with Crippen molar-refractivity contribution < 1.29 is 23.7 Å². The smallest absolute Gasteiger partial charge is 0.222 e. The Morgan fingerprint density at radius 1 is 1.16 bits per heavy atom. The molecule has 1 aromatic carbocycles. The normalized spacial score (nSPS) is 19.2. The summed E-state index contributed by atoms with van der Waals surface area (Å²) in [4.78, 5) is 14.5. The third-order valence-corrected chi connectivity index (χ3v) is 5.02. The van der Waals surface area contributed by atoms with Crippen molar-refractivity contribution in [3.8, 4) is 11.5 Å². The number of ether oxygens (including phenoxy) is 4. The predicted molar refractivity (Wildman–Crippen MR) is 92.9 cm³/mol. The molecule has 3 rings (SSSR count). The van der Waals surface area contributed by atoms with E-state index in [0.29, 0.717) is 32.0 Å². The van der Waals surface area contributed by atoms with E-state index in [0.717, 1.165) is 43.0 Å². The van der Waals surface area contributed by atoms with Crippen LogP contribution < -0.4 is 9.47 Å². The number of aryl methyl sites for hydroxylation is 1. The topological polar surface area (TPSA) is 57.2 Å². The molecule has 0 saturated carbocycles. The molecule has 138 valence electrons. The number of likely N-dealkylation sites (tertiary alicyclic amines) is 1. The second kappa shape index (κ2) is 8.54. The lowest BCUT2D eigenvalue weighted by atomic mass is 9.95. The van der Waals surface area contributed by atoms with Gasteiger partial charge in [0.05, 0.1) is 27.4 Å². The second-order valence-electron chi connectivity index (χ2n) is 6.51. The highest BCUT2D eigenvalue weighted by molar-refractivity contribution is 5.76. The van der Waals surface area contributed by atoms with Crippen LogP contribution in [0.3, 0.4) is 0 Å². The van der Waals surface area contributed by atoms with E-state index in [1.54, 1.807) is 14.2 Å². The predicted octanol–water partition coefficient (Wildman–Crippen LogP) is 2.25. The van der Waals surface area contributed by atoms with Crippen LogP contribution in [0.25, 0.3) is 0 Å². The van der Waals surface area contributed by atoms with Gasteiger partial charge in [0.1, 0.15) is 11.5 Å². The zero-order valence-corrected chi connectivity index (χ0v) is 15.0. The van der Waals surface area contributed by atoms with Crippen LogP contribution in [-0.2, 0) is 20.7 Å². The standard InChI is InChI=1S/C19H27NO5/c1-22-16-4-5-17(23-2)15(13-16)3-6-18(21)20-9-7-14(8-10-20)19-24-11-12-25-19/h4-5,13-14,19H,3,6-12H2,1-2H3. The molecule has 2 aliphatic rings. The summed E-state index contributed by atoms with van der Waals surface area (Å²) >= 11 is 0. The van der Waals surface area contributed by atoms with Gasteiger partial charge in [0.15, 0.2) is 6.29 Å². The largest absolute Gasteiger partial charge is 0.497 e. The molecule has 0 bridgehead atoms. The van der Waals surface area contributed by atoms with E-state index in [-0.39, 0.29) is 12.2 Å². The molecule has 25 heavy (non-hydrogen) atoms. The summed E-state index contributed by atoms with van der Waals surface area (Å²) in [5.74, 6) is 2.17. The fourth-order valence-electron chi connectivity index (χ4n) is 3.55. The van der Waals surface area contributed by atoms with Crippen LogP contribution in [0, 0.1) is 5.92 Å². The second-order valence-corrected chi connectivity index (χ2v) is 6.51. The Labute approximate surface area is 149 Å². The van der Waals surface area contributed by atoms with E-state index in [4.69, 9.17) is 18.9 Å². The van der Waals surface area contributed by atoms with Crippen molar-refractivity contribution in [2.75, 3.05) is 40.5 Å². The molecule has 2 aliphatic heterocycles. The summed E-state index contributed by atoms with van der Waals surface area (Å²) in [5.41, 5.74) is 0.998. The average Bonchev–Trinajstić information content (AvgIpc) is 3.20. The lowest BCUT2D eigenvalue weighted by Gasteiger charge is -2.34. The molecule has 0 aliphatic carbocycles. The highest BCUT2D eigenvalue weighted by atomic mass is 16.7. The SMILES string of the molecule is COc1ccc(OC)c(CCC(=O)N2CCC(C3OCCO3)CC2)c1. The maximum absolute atomic E-state index is 12.5. The molecule has 2 heterocycles. The maximum atomic E-state index is 12.5. The number of amides is 1. The number of carbonyl (C=O) groups excluding carboxylic acids is 1. The van der Waals surface area contributed by atoms with Gasteiger partial charge in [-0.15, -0.1) is 0 Å². The van der Waals surface area contributed by atoms with Crippen molar-refractivity contribution in [2.45, 2.75) is 32.0 Å². The summed E-state index contributed by atoms with van der Waals surface area (Å²) in [6.07, 6.45) is 2.94. The van der Waals surface area contributed by atoms with E-state index in [9.17, 15) is 4.79 Å². The van der Waals surface area contributed by atoms with E-state index >= 15 is 0 Å². The lowest BCUT2D eigenvalue weighted by Crippen LogP contribution is -2.41. The first-order valence-electron chi connectivity index (χ1n) is 8.93. The van der Waals surface area contributed by atoms with Gasteiger partial charge in [0.2, 0.25) is 5.91 Å². The molecule has 0 aromatic heterocycles. The molecule has 0 N–H and O–H groups in total. The van der Waals surface area contributed by atoms with E-state index in [1.165, 1.54) is 0 Å². The lowest BCUT2D eigenvalue weighted by molar-refractivity contribution is -0.136. The van der Waals surface area contributed by atoms with Crippen LogP contribution >= 0.6 is 0 Å². The highest BCUT2D eigenvalue weighted by Crippen LogP contribution is 2.28. The van der Waals surface area contributed by atoms with Crippen LogP contribution in [0.5, 0.6) is 11.5 Å². The maximum Gasteiger partial charge on any atom is 0.222 e. The minimum absolute atomic E-state index is 0.0710. The van der Waals surface area contributed by atoms with E-state index in [1.807, 2.05) is 23.1 Å². The summed E-state index contributed by atoms with van der Waals surface area (Å²) < 4.78 is 21.8. The summed E-state index contributed by atoms with van der Waals surface area (Å²) in [6, 6.07) is 5.68. The molecule has 1 aromatic rings. The number of benzene rings is 1. The first kappa shape index (κ1) is 18.0. The molecular weight excluding hydrogens is 322 g/mol. The highest BCUT2D eigenvalue weighted by Gasteiger charge is 2.31. The van der Waals surface area contributed by atoms with Crippen LogP contribution in [0.1, 0.15) is 24.8 Å². The van der Waals surface area contributed by atoms with Gasteiger partial charge in [0, 0.05) is 25.4 Å². The molecular formula is C19H27NO5. The van der Waals surface area contributed by atoms with Crippen molar-refractivity contribution in [3.63, 3.8) is 0 Å². The van der Waals surface area contributed by atoms with Gasteiger partial charge in [-0.25, -0.2) is 0 Å². The van der Waals surface area contributed by atoms with Crippen LogP contribution in [0.2, 0.25) is 0 Å². The van der Waals surface area contributed by atoms with Crippen molar-refractivity contribution in [3.05, 3.63) is 23.8 Å². The van der Waals surface area contributed by atoms with Gasteiger partial charge < -0.3 is 23.8 Å². The Kier molecular flexibility index (Phi) is 6.15. The Hall–Kier alpha value is -1.79. The van der Waals surface area contributed by atoms with Gasteiger partial charge in [0.25, 0.3) is 0 Å². The summed E-state index contributed by atoms with van der Waals surface area (Å²) in [7, 11) is 3.28. The minimum Gasteiger partial charge on any atom is -0.497 e. The summed E-state index contributed by atoms with van der Waals surface area (Å²) in [5, 5.41) is 0. The fourth-order valence-corrected chi connectivity index (χ4v) is 3.55. The average molecular weight is 349 g/mol. The number of nitrogens with zero attached hydrogens (tertiary/aromatic N) is 1. The summed E-state index contributed by atoms with van der Waals surface area (Å²) in [6.45, 7) is 2.93. The van der Waals surface area contributed by atoms with Crippen LogP contribution in [-0.4, -0.2) is 57.6 Å². The molecule has 0 atom stereocenters. The van der Waals surface area contributed by atoms with Crippen LogP contribution in [0.15, 0.2) is 18.2 Å². The van der Waals surface area contributed by atoms with Crippen LogP contribution in [0.4, 0.5) is 0 Å². The van der Waals surface area contributed by atoms with Gasteiger partial charge in [-0.2, -0.15) is 0 Å². The number of piperidine rings is 1. The Balaban J connectivity index is 1.50. The first-order chi connectivity index (χ1) is 12.2. The van der Waals surface area contributed by atoms with Crippen molar-refractivity contribution in [2.24, 2.45) is 5.92 Å². The number of hydrogen-bond acceptors (Lipinski definition) is 5. The van der Waals surface area contributed by atoms with Gasteiger partial charge >= 0.3 is 0 Å². The quantitative estimate of drug-likeness (QED) is 0.788. The van der Waals surface area contributed by atoms with Gasteiger partial charge in [-0.3, -0.25) is 4.79 Å². The fraction of sp³-hybridized carbons (Fsp3) is 0.632. The van der Waals surface area contributed by atoms with E-state index in [2.05, 4.69) is 0 Å². The zero-order valence-electron chi connectivity index (χ0n) is 15.0. The molecule has 1 amide bonds. The molecule has 6 nitrogen and oxygen atoms in total. The Morgan fingerprint density at radius 3 is 2.52 bits per heavy atom. The molecule has 0 radical (unpaired) electrons. The van der Waals surface area contributed by atoms with E-state index < -0.39 is 0 Å². The zero-order chi connectivity index (χ0) is 17.6. The number of hydrogen-bond donors (Lipinski definition) is 0. The van der Waals surface area contributed by atoms with Gasteiger partial charge in [-0.1, -0.05) is 0 Å². The van der Waals surface area contributed by atoms with Crippen molar-refractivity contribution >= 4 is 5.91 Å². The Bertz CT molecular complexity index is 577.